The second-order valence-electron chi connectivity index (χ2n) is 2.70. The summed E-state index contributed by atoms with van der Waals surface area (Å²) in [6, 6.07) is 0. The lowest BCUT2D eigenvalue weighted by Gasteiger charge is -2.11. The highest BCUT2D eigenvalue weighted by Crippen LogP contribution is 2.19. The van der Waals surface area contributed by atoms with E-state index in [-0.39, 0.29) is 0 Å². The lowest BCUT2D eigenvalue weighted by atomic mass is 9.99. The quantitative estimate of drug-likeness (QED) is 0.523. The van der Waals surface area contributed by atoms with E-state index in [9.17, 15) is 0 Å². The van der Waals surface area contributed by atoms with Crippen LogP contribution in [0.25, 0.3) is 0 Å². The van der Waals surface area contributed by atoms with E-state index in [0.717, 1.165) is 18.5 Å². The summed E-state index contributed by atoms with van der Waals surface area (Å²) in [4.78, 5) is 0. The van der Waals surface area contributed by atoms with E-state index < -0.39 is 0 Å². The normalized spacial score (nSPS) is 20.0. The van der Waals surface area contributed by atoms with Gasteiger partial charge in [0.25, 0.3) is 0 Å². The summed E-state index contributed by atoms with van der Waals surface area (Å²) in [7, 11) is 0. The Kier molecular flexibility index (Phi) is 1.60. The summed E-state index contributed by atoms with van der Waals surface area (Å²) < 4.78 is 0. The Labute approximate surface area is 56.2 Å². The van der Waals surface area contributed by atoms with Crippen molar-refractivity contribution in [3.63, 3.8) is 0 Å². The van der Waals surface area contributed by atoms with Crippen LogP contribution in [0.3, 0.4) is 0 Å². The highest BCUT2D eigenvalue weighted by Gasteiger charge is 2.02. The summed E-state index contributed by atoms with van der Waals surface area (Å²) in [5.41, 5.74) is 9.43. The third-order valence-electron chi connectivity index (χ3n) is 1.76. The maximum atomic E-state index is 5.68. The van der Waals surface area contributed by atoms with E-state index in [1.165, 1.54) is 11.1 Å². The van der Waals surface area contributed by atoms with Gasteiger partial charge in [0.05, 0.1) is 0 Å². The fourth-order valence-electron chi connectivity index (χ4n) is 1.06. The first-order chi connectivity index (χ1) is 4.20. The second-order valence-corrected chi connectivity index (χ2v) is 2.70. The highest BCUT2D eigenvalue weighted by molar-refractivity contribution is 5.29. The minimum atomic E-state index is 1.05. The Morgan fingerprint density at radius 1 is 1.33 bits per heavy atom. The van der Waals surface area contributed by atoms with Crippen molar-refractivity contribution in [3.8, 4) is 0 Å². The predicted octanol–water partition coefficient (Wildman–Crippen LogP) is 1.96. The molecule has 1 rings (SSSR count). The van der Waals surface area contributed by atoms with Gasteiger partial charge in [0.2, 0.25) is 0 Å². The zero-order valence-corrected chi connectivity index (χ0v) is 6.07. The molecule has 0 heterocycles. The van der Waals surface area contributed by atoms with Gasteiger partial charge >= 0.3 is 0 Å². The molecule has 1 nitrogen and oxygen atoms in total. The molecule has 0 spiro atoms. The number of hydrogen-bond acceptors (Lipinski definition) is 1. The largest absolute Gasteiger partial charge is 0.402 e. The molecule has 0 aromatic rings. The van der Waals surface area contributed by atoms with E-state index >= 15 is 0 Å². The summed E-state index contributed by atoms with van der Waals surface area (Å²) in [6.45, 7) is 4.22. The first kappa shape index (κ1) is 6.40. The topological polar surface area (TPSA) is 26.0 Å². The van der Waals surface area contributed by atoms with Gasteiger partial charge in [-0.1, -0.05) is 11.6 Å². The zero-order valence-electron chi connectivity index (χ0n) is 6.07. The number of rotatable bonds is 0. The smallest absolute Gasteiger partial charge is 0.0113 e. The summed E-state index contributed by atoms with van der Waals surface area (Å²) in [6.07, 6.45) is 4.36. The van der Waals surface area contributed by atoms with Crippen LogP contribution in [0, 0.1) is 0 Å². The molecule has 0 aliphatic heterocycles. The predicted molar refractivity (Wildman–Crippen MR) is 39.9 cm³/mol. The average molecular weight is 123 g/mol. The van der Waals surface area contributed by atoms with Crippen LogP contribution >= 0.6 is 0 Å². The lowest BCUT2D eigenvalue weighted by molar-refractivity contribution is 0.873. The van der Waals surface area contributed by atoms with Gasteiger partial charge in [-0.3, -0.25) is 0 Å². The SMILES string of the molecule is CC1=CC(C)=C(N)CC1. The summed E-state index contributed by atoms with van der Waals surface area (Å²) >= 11 is 0. The van der Waals surface area contributed by atoms with Crippen LogP contribution in [-0.2, 0) is 0 Å². The van der Waals surface area contributed by atoms with Crippen LogP contribution in [0.15, 0.2) is 22.9 Å². The molecule has 0 atom stereocenters. The van der Waals surface area contributed by atoms with Gasteiger partial charge in [0, 0.05) is 5.70 Å². The number of allylic oxidation sites excluding steroid dienone is 4. The van der Waals surface area contributed by atoms with Gasteiger partial charge in [-0.25, -0.2) is 0 Å². The molecule has 0 bridgehead atoms. The van der Waals surface area contributed by atoms with Crippen LogP contribution in [0.2, 0.25) is 0 Å². The van der Waals surface area contributed by atoms with Crippen molar-refractivity contribution < 1.29 is 0 Å². The summed E-state index contributed by atoms with van der Waals surface area (Å²) in [5.74, 6) is 0. The van der Waals surface area contributed by atoms with Gasteiger partial charge in [-0.2, -0.15) is 0 Å². The van der Waals surface area contributed by atoms with Crippen molar-refractivity contribution in [3.05, 3.63) is 22.9 Å². The Balaban J connectivity index is 2.83. The van der Waals surface area contributed by atoms with Crippen molar-refractivity contribution in [2.75, 3.05) is 0 Å². The van der Waals surface area contributed by atoms with Crippen molar-refractivity contribution >= 4 is 0 Å². The second kappa shape index (κ2) is 2.26. The third-order valence-corrected chi connectivity index (χ3v) is 1.76. The van der Waals surface area contributed by atoms with Crippen molar-refractivity contribution in [2.45, 2.75) is 26.7 Å². The molecule has 2 N–H and O–H groups in total. The Bertz CT molecular complexity index is 175. The van der Waals surface area contributed by atoms with E-state index in [2.05, 4.69) is 19.9 Å². The summed E-state index contributed by atoms with van der Waals surface area (Å²) in [5, 5.41) is 0. The highest BCUT2D eigenvalue weighted by atomic mass is 14.6. The molecule has 0 saturated heterocycles. The number of hydrogen-bond donors (Lipinski definition) is 1. The molecule has 0 saturated carbocycles. The van der Waals surface area contributed by atoms with Gasteiger partial charge in [0.15, 0.2) is 0 Å². The van der Waals surface area contributed by atoms with E-state index in [1.807, 2.05) is 0 Å². The molecule has 0 aromatic heterocycles. The Morgan fingerprint density at radius 2 is 2.00 bits per heavy atom. The molecule has 0 radical (unpaired) electrons. The molecule has 1 heteroatoms. The van der Waals surface area contributed by atoms with E-state index in [0.29, 0.717) is 0 Å². The minimum absolute atomic E-state index is 1.05. The lowest BCUT2D eigenvalue weighted by Crippen LogP contribution is -2.04. The standard InChI is InChI=1S/C8H13N/c1-6-3-4-8(9)7(2)5-6/h5H,3-4,9H2,1-2H3. The molecule has 0 fully saturated rings. The molecule has 50 valence electrons. The van der Waals surface area contributed by atoms with Gasteiger partial charge in [-0.05, 0) is 32.3 Å². The average Bonchev–Trinajstić information content (AvgIpc) is 1.80. The molecule has 9 heavy (non-hydrogen) atoms. The number of nitrogens with two attached hydrogens (primary N) is 1. The Morgan fingerprint density at radius 3 is 2.44 bits per heavy atom. The zero-order chi connectivity index (χ0) is 6.85. The van der Waals surface area contributed by atoms with Crippen LogP contribution in [-0.4, -0.2) is 0 Å². The van der Waals surface area contributed by atoms with Crippen LogP contribution < -0.4 is 5.73 Å². The molecule has 1 aliphatic rings. The fraction of sp³-hybridized carbons (Fsp3) is 0.500. The molecule has 0 unspecified atom stereocenters. The van der Waals surface area contributed by atoms with E-state index in [4.69, 9.17) is 5.73 Å². The molecular weight excluding hydrogens is 110 g/mol. The molecule has 1 aliphatic carbocycles. The van der Waals surface area contributed by atoms with E-state index in [1.54, 1.807) is 0 Å². The minimum Gasteiger partial charge on any atom is -0.402 e. The van der Waals surface area contributed by atoms with Gasteiger partial charge < -0.3 is 5.73 Å². The molecule has 0 aromatic carbocycles. The van der Waals surface area contributed by atoms with Gasteiger partial charge in [-0.15, -0.1) is 0 Å². The van der Waals surface area contributed by atoms with Crippen molar-refractivity contribution in [1.29, 1.82) is 0 Å². The molecular formula is C8H13N. The van der Waals surface area contributed by atoms with Crippen molar-refractivity contribution in [1.82, 2.24) is 0 Å². The maximum absolute atomic E-state index is 5.68. The van der Waals surface area contributed by atoms with Crippen LogP contribution in [0.1, 0.15) is 26.7 Å². The maximum Gasteiger partial charge on any atom is 0.0113 e. The third kappa shape index (κ3) is 1.35. The van der Waals surface area contributed by atoms with Gasteiger partial charge in [0.1, 0.15) is 0 Å². The fourth-order valence-corrected chi connectivity index (χ4v) is 1.06. The Hall–Kier alpha value is -0.720. The van der Waals surface area contributed by atoms with Crippen LogP contribution in [0.4, 0.5) is 0 Å². The molecule has 0 amide bonds. The first-order valence-electron chi connectivity index (χ1n) is 3.32. The van der Waals surface area contributed by atoms with Crippen LogP contribution in [0.5, 0.6) is 0 Å². The van der Waals surface area contributed by atoms with Crippen molar-refractivity contribution in [2.24, 2.45) is 5.73 Å². The first-order valence-corrected chi connectivity index (χ1v) is 3.32. The monoisotopic (exact) mass is 123 g/mol.